The summed E-state index contributed by atoms with van der Waals surface area (Å²) in [5, 5.41) is 6.61. The van der Waals surface area contributed by atoms with Crippen molar-refractivity contribution in [1.29, 1.82) is 0 Å². The van der Waals surface area contributed by atoms with Crippen LogP contribution in [0.1, 0.15) is 33.1 Å². The van der Waals surface area contributed by atoms with Gasteiger partial charge < -0.3 is 15.5 Å². The summed E-state index contributed by atoms with van der Waals surface area (Å²) in [5.74, 6) is 0.963. The van der Waals surface area contributed by atoms with Gasteiger partial charge in [0.25, 0.3) is 0 Å². The third kappa shape index (κ3) is 4.39. The molecular weight excluding hydrogens is 200 g/mol. The van der Waals surface area contributed by atoms with E-state index in [-0.39, 0.29) is 0 Å². The number of aliphatic imine (C=N–C) groups is 1. The van der Waals surface area contributed by atoms with Gasteiger partial charge in [-0.25, -0.2) is 0 Å². The van der Waals surface area contributed by atoms with Crippen molar-refractivity contribution >= 4 is 5.96 Å². The lowest BCUT2D eigenvalue weighted by molar-refractivity contribution is 0.317. The number of hydrogen-bond acceptors (Lipinski definition) is 2. The minimum atomic E-state index is 0.636. The van der Waals surface area contributed by atoms with E-state index in [0.29, 0.717) is 6.04 Å². The summed E-state index contributed by atoms with van der Waals surface area (Å²) in [6.07, 6.45) is 3.73. The lowest BCUT2D eigenvalue weighted by atomic mass is 10.2. The second kappa shape index (κ2) is 7.49. The van der Waals surface area contributed by atoms with Gasteiger partial charge >= 0.3 is 0 Å². The molecule has 4 nitrogen and oxygen atoms in total. The fourth-order valence-corrected chi connectivity index (χ4v) is 1.99. The molecule has 0 amide bonds. The van der Waals surface area contributed by atoms with Crippen molar-refractivity contribution in [3.63, 3.8) is 0 Å². The Balaban J connectivity index is 2.36. The highest BCUT2D eigenvalue weighted by Crippen LogP contribution is 2.14. The average molecular weight is 226 g/mol. The number of guanidine groups is 1. The fourth-order valence-electron chi connectivity index (χ4n) is 1.99. The second-order valence-electron chi connectivity index (χ2n) is 4.42. The van der Waals surface area contributed by atoms with Gasteiger partial charge in [0, 0.05) is 19.1 Å². The first-order chi connectivity index (χ1) is 7.77. The number of rotatable bonds is 5. The van der Waals surface area contributed by atoms with Crippen LogP contribution < -0.4 is 10.6 Å². The van der Waals surface area contributed by atoms with Crippen LogP contribution in [0.3, 0.4) is 0 Å². The van der Waals surface area contributed by atoms with Gasteiger partial charge in [-0.2, -0.15) is 0 Å². The van der Waals surface area contributed by atoms with Crippen molar-refractivity contribution in [2.75, 3.05) is 33.2 Å². The number of likely N-dealkylation sites (tertiary alicyclic amines) is 1. The van der Waals surface area contributed by atoms with Crippen molar-refractivity contribution in [2.24, 2.45) is 4.99 Å². The molecule has 1 heterocycles. The summed E-state index contributed by atoms with van der Waals surface area (Å²) in [6.45, 7) is 8.32. The molecule has 2 N–H and O–H groups in total. The highest BCUT2D eigenvalue weighted by molar-refractivity contribution is 5.79. The fraction of sp³-hybridized carbons (Fsp3) is 0.917. The monoisotopic (exact) mass is 226 g/mol. The molecule has 1 aliphatic rings. The minimum absolute atomic E-state index is 0.636. The zero-order chi connectivity index (χ0) is 11.8. The maximum Gasteiger partial charge on any atom is 0.191 e. The molecule has 0 spiro atoms. The first-order valence-corrected chi connectivity index (χ1v) is 6.50. The molecule has 1 aliphatic heterocycles. The summed E-state index contributed by atoms with van der Waals surface area (Å²) in [7, 11) is 2.19. The van der Waals surface area contributed by atoms with Gasteiger partial charge in [0.2, 0.25) is 0 Å². The van der Waals surface area contributed by atoms with Crippen molar-refractivity contribution in [2.45, 2.75) is 39.2 Å². The Morgan fingerprint density at radius 2 is 2.19 bits per heavy atom. The van der Waals surface area contributed by atoms with E-state index >= 15 is 0 Å². The number of hydrogen-bond donors (Lipinski definition) is 2. The smallest absolute Gasteiger partial charge is 0.191 e. The van der Waals surface area contributed by atoms with E-state index in [0.717, 1.165) is 32.0 Å². The van der Waals surface area contributed by atoms with E-state index in [4.69, 9.17) is 0 Å². The van der Waals surface area contributed by atoms with Gasteiger partial charge in [0.05, 0.1) is 6.54 Å². The van der Waals surface area contributed by atoms with E-state index in [9.17, 15) is 0 Å². The van der Waals surface area contributed by atoms with Crippen LogP contribution in [0.25, 0.3) is 0 Å². The van der Waals surface area contributed by atoms with Crippen LogP contribution in [-0.4, -0.2) is 50.1 Å². The van der Waals surface area contributed by atoms with Crippen LogP contribution in [0.4, 0.5) is 0 Å². The zero-order valence-corrected chi connectivity index (χ0v) is 10.9. The van der Waals surface area contributed by atoms with E-state index in [1.165, 1.54) is 19.4 Å². The zero-order valence-electron chi connectivity index (χ0n) is 10.9. The van der Waals surface area contributed by atoms with Crippen molar-refractivity contribution in [1.82, 2.24) is 15.5 Å². The molecule has 0 aliphatic carbocycles. The quantitative estimate of drug-likeness (QED) is 0.544. The summed E-state index contributed by atoms with van der Waals surface area (Å²) < 4.78 is 0. The van der Waals surface area contributed by atoms with Crippen LogP contribution >= 0.6 is 0 Å². The summed E-state index contributed by atoms with van der Waals surface area (Å²) >= 11 is 0. The molecule has 1 rings (SSSR count). The molecule has 0 bridgehead atoms. The molecule has 1 saturated heterocycles. The summed E-state index contributed by atoms with van der Waals surface area (Å²) in [5.41, 5.74) is 0. The second-order valence-corrected chi connectivity index (χ2v) is 4.42. The maximum atomic E-state index is 4.64. The van der Waals surface area contributed by atoms with E-state index < -0.39 is 0 Å². The minimum Gasteiger partial charge on any atom is -0.357 e. The van der Waals surface area contributed by atoms with E-state index in [2.05, 4.69) is 41.4 Å². The molecule has 0 aromatic carbocycles. The molecule has 1 fully saturated rings. The van der Waals surface area contributed by atoms with Crippen LogP contribution in [0.2, 0.25) is 0 Å². The maximum absolute atomic E-state index is 4.64. The van der Waals surface area contributed by atoms with E-state index in [1.54, 1.807) is 0 Å². The van der Waals surface area contributed by atoms with Crippen molar-refractivity contribution in [3.8, 4) is 0 Å². The summed E-state index contributed by atoms with van der Waals surface area (Å²) in [6, 6.07) is 0.636. The van der Waals surface area contributed by atoms with Crippen molar-refractivity contribution in [3.05, 3.63) is 0 Å². The van der Waals surface area contributed by atoms with E-state index in [1.807, 2.05) is 0 Å². The van der Waals surface area contributed by atoms with Crippen molar-refractivity contribution < 1.29 is 0 Å². The number of likely N-dealkylation sites (N-methyl/N-ethyl adjacent to an activating group) is 1. The number of nitrogens with zero attached hydrogens (tertiary/aromatic N) is 2. The molecule has 4 heteroatoms. The van der Waals surface area contributed by atoms with Crippen LogP contribution in [0, 0.1) is 0 Å². The Labute approximate surface area is 99.5 Å². The van der Waals surface area contributed by atoms with Gasteiger partial charge in [-0.1, -0.05) is 6.92 Å². The molecule has 1 unspecified atom stereocenters. The van der Waals surface area contributed by atoms with Gasteiger partial charge in [-0.15, -0.1) is 0 Å². The largest absolute Gasteiger partial charge is 0.357 e. The Morgan fingerprint density at radius 1 is 1.38 bits per heavy atom. The Kier molecular flexibility index (Phi) is 6.23. The number of nitrogens with one attached hydrogen (secondary N) is 2. The Morgan fingerprint density at radius 3 is 2.75 bits per heavy atom. The molecule has 0 aromatic rings. The topological polar surface area (TPSA) is 39.7 Å². The molecule has 16 heavy (non-hydrogen) atoms. The highest BCUT2D eigenvalue weighted by Gasteiger charge is 2.20. The first kappa shape index (κ1) is 13.3. The molecule has 0 saturated carbocycles. The standard InChI is InChI=1S/C12H26N4/c1-4-8-14-12(13-5-2)15-10-11-7-6-9-16(11)3/h11H,4-10H2,1-3H3,(H2,13,14,15). The molecular formula is C12H26N4. The molecule has 0 aromatic heterocycles. The predicted octanol–water partition coefficient (Wildman–Crippen LogP) is 1.05. The van der Waals surface area contributed by atoms with Gasteiger partial charge in [0.15, 0.2) is 5.96 Å². The Hall–Kier alpha value is -0.770. The Bertz CT molecular complexity index is 215. The molecule has 0 radical (unpaired) electrons. The van der Waals surface area contributed by atoms with Gasteiger partial charge in [-0.3, -0.25) is 4.99 Å². The highest BCUT2D eigenvalue weighted by atomic mass is 15.2. The van der Waals surface area contributed by atoms with Crippen LogP contribution in [0.15, 0.2) is 4.99 Å². The SMILES string of the molecule is CCCNC(=NCC1CCCN1C)NCC. The lowest BCUT2D eigenvalue weighted by Crippen LogP contribution is -2.39. The van der Waals surface area contributed by atoms with Gasteiger partial charge in [0.1, 0.15) is 0 Å². The summed E-state index contributed by atoms with van der Waals surface area (Å²) in [4.78, 5) is 7.05. The van der Waals surface area contributed by atoms with Gasteiger partial charge in [-0.05, 0) is 39.8 Å². The average Bonchev–Trinajstić information content (AvgIpc) is 2.68. The van der Waals surface area contributed by atoms with Crippen LogP contribution in [0.5, 0.6) is 0 Å². The normalized spacial score (nSPS) is 22.4. The third-order valence-electron chi connectivity index (χ3n) is 3.02. The molecule has 94 valence electrons. The molecule has 1 atom stereocenters. The third-order valence-corrected chi connectivity index (χ3v) is 3.02. The van der Waals surface area contributed by atoms with Crippen LogP contribution in [-0.2, 0) is 0 Å². The lowest BCUT2D eigenvalue weighted by Gasteiger charge is -2.18. The predicted molar refractivity (Wildman–Crippen MR) is 69.9 cm³/mol. The first-order valence-electron chi connectivity index (χ1n) is 6.50.